The number of rotatable bonds is 5. The molecule has 3 heterocycles. The molecule has 0 spiro atoms. The predicted octanol–water partition coefficient (Wildman–Crippen LogP) is 4.55. The Morgan fingerprint density at radius 3 is 2.70 bits per heavy atom. The molecule has 6 heteroatoms. The number of pyridine rings is 2. The van der Waals surface area contributed by atoms with Crippen LogP contribution in [0.15, 0.2) is 72.7 Å². The van der Waals surface area contributed by atoms with E-state index in [0.717, 1.165) is 29.9 Å². The molecule has 0 saturated carbocycles. The van der Waals surface area contributed by atoms with E-state index in [-0.39, 0.29) is 10.6 Å². The van der Waals surface area contributed by atoms with Crippen LogP contribution in [0.25, 0.3) is 6.08 Å². The van der Waals surface area contributed by atoms with Crippen LogP contribution >= 0.6 is 0 Å². The molecule has 0 bridgehead atoms. The van der Waals surface area contributed by atoms with Crippen LogP contribution in [0.1, 0.15) is 17.5 Å². The summed E-state index contributed by atoms with van der Waals surface area (Å²) in [5.41, 5.74) is 4.39. The van der Waals surface area contributed by atoms with Gasteiger partial charge in [0.2, 0.25) is 0 Å². The molecule has 0 fully saturated rings. The van der Waals surface area contributed by atoms with Crippen molar-refractivity contribution in [3.63, 3.8) is 0 Å². The van der Waals surface area contributed by atoms with Gasteiger partial charge in [-0.3, -0.25) is 15.1 Å². The summed E-state index contributed by atoms with van der Waals surface area (Å²) in [6, 6.07) is 14.7. The average molecular weight is 358 g/mol. The summed E-state index contributed by atoms with van der Waals surface area (Å²) in [6.45, 7) is 0.663. The largest absolute Gasteiger partial charge is 0.322 e. The van der Waals surface area contributed by atoms with Gasteiger partial charge in [0.25, 0.3) is 5.69 Å². The number of hydrogen-bond acceptors (Lipinski definition) is 5. The zero-order chi connectivity index (χ0) is 18.6. The fraction of sp³-hybridized carbons (Fsp3) is 0.143. The van der Waals surface area contributed by atoms with Gasteiger partial charge in [-0.1, -0.05) is 12.1 Å². The number of anilines is 2. The molecule has 1 aromatic carbocycles. The lowest BCUT2D eigenvalue weighted by molar-refractivity contribution is -0.384. The number of non-ortho nitro benzene ring substituents is 1. The summed E-state index contributed by atoms with van der Waals surface area (Å²) in [6.07, 6.45) is 9.37. The highest BCUT2D eigenvalue weighted by molar-refractivity contribution is 5.77. The summed E-state index contributed by atoms with van der Waals surface area (Å²) in [4.78, 5) is 21.4. The second kappa shape index (κ2) is 7.37. The number of benzene rings is 1. The van der Waals surface area contributed by atoms with Crippen molar-refractivity contribution in [1.29, 1.82) is 0 Å². The number of nitro benzene ring substituents is 1. The minimum atomic E-state index is -0.368. The lowest BCUT2D eigenvalue weighted by Crippen LogP contribution is -2.25. The van der Waals surface area contributed by atoms with Crippen molar-refractivity contribution in [3.05, 3.63) is 93.9 Å². The SMILES string of the molecule is O=[N+]([O-])c1cccc(N2CC(CCc3ccncc3)=Cc3cccnc32)c1. The summed E-state index contributed by atoms with van der Waals surface area (Å²) >= 11 is 0. The molecule has 1 aliphatic rings. The van der Waals surface area contributed by atoms with Crippen LogP contribution in [0.5, 0.6) is 0 Å². The zero-order valence-electron chi connectivity index (χ0n) is 14.7. The first kappa shape index (κ1) is 16.9. The van der Waals surface area contributed by atoms with Crippen molar-refractivity contribution in [2.75, 3.05) is 11.4 Å². The Bertz CT molecular complexity index is 1000. The Balaban J connectivity index is 1.64. The van der Waals surface area contributed by atoms with Gasteiger partial charge in [0, 0.05) is 48.5 Å². The van der Waals surface area contributed by atoms with E-state index in [4.69, 9.17) is 0 Å². The summed E-state index contributed by atoms with van der Waals surface area (Å²) in [5.74, 6) is 0.825. The van der Waals surface area contributed by atoms with Crippen LogP contribution in [-0.2, 0) is 6.42 Å². The molecule has 27 heavy (non-hydrogen) atoms. The standard InChI is InChI=1S/C21H18N4O2/c26-25(27)20-5-1-4-19(14-20)24-15-17(7-6-16-8-11-22-12-9-16)13-18-3-2-10-23-21(18)24/h1-5,8-14H,6-7,15H2. The minimum Gasteiger partial charge on any atom is -0.322 e. The molecule has 6 nitrogen and oxygen atoms in total. The third-order valence-electron chi connectivity index (χ3n) is 4.63. The number of hydrogen-bond donors (Lipinski definition) is 0. The first-order valence-corrected chi connectivity index (χ1v) is 8.76. The fourth-order valence-corrected chi connectivity index (χ4v) is 3.28. The predicted molar refractivity (Wildman–Crippen MR) is 105 cm³/mol. The van der Waals surface area contributed by atoms with Crippen LogP contribution in [0, 0.1) is 10.1 Å². The quantitative estimate of drug-likeness (QED) is 0.494. The number of nitro groups is 1. The van der Waals surface area contributed by atoms with Gasteiger partial charge < -0.3 is 4.90 Å². The van der Waals surface area contributed by atoms with E-state index in [0.29, 0.717) is 6.54 Å². The summed E-state index contributed by atoms with van der Waals surface area (Å²) < 4.78 is 0. The second-order valence-electron chi connectivity index (χ2n) is 6.44. The molecule has 0 aliphatic carbocycles. The fourth-order valence-electron chi connectivity index (χ4n) is 3.28. The van der Waals surface area contributed by atoms with E-state index >= 15 is 0 Å². The van der Waals surface area contributed by atoms with Gasteiger partial charge in [0.1, 0.15) is 5.82 Å². The maximum absolute atomic E-state index is 11.2. The van der Waals surface area contributed by atoms with E-state index in [2.05, 4.69) is 16.0 Å². The van der Waals surface area contributed by atoms with Gasteiger partial charge in [0.05, 0.1) is 4.92 Å². The third kappa shape index (κ3) is 3.69. The molecule has 0 radical (unpaired) electrons. The molecule has 4 rings (SSSR count). The molecule has 0 atom stereocenters. The summed E-state index contributed by atoms with van der Waals surface area (Å²) in [5, 5.41) is 11.2. The van der Waals surface area contributed by atoms with Gasteiger partial charge in [0.15, 0.2) is 0 Å². The number of aromatic nitrogens is 2. The van der Waals surface area contributed by atoms with Crippen molar-refractivity contribution in [1.82, 2.24) is 9.97 Å². The van der Waals surface area contributed by atoms with Crippen molar-refractivity contribution in [3.8, 4) is 0 Å². The first-order valence-electron chi connectivity index (χ1n) is 8.76. The third-order valence-corrected chi connectivity index (χ3v) is 4.63. The highest BCUT2D eigenvalue weighted by Crippen LogP contribution is 2.35. The van der Waals surface area contributed by atoms with Crippen LogP contribution in [0.2, 0.25) is 0 Å². The highest BCUT2D eigenvalue weighted by Gasteiger charge is 2.21. The molecule has 1 aliphatic heterocycles. The Morgan fingerprint density at radius 1 is 1.04 bits per heavy atom. The normalized spacial score (nSPS) is 13.0. The van der Waals surface area contributed by atoms with Crippen molar-refractivity contribution in [2.45, 2.75) is 12.8 Å². The number of aryl methyl sites for hydroxylation is 1. The van der Waals surface area contributed by atoms with Crippen LogP contribution < -0.4 is 4.90 Å². The zero-order valence-corrected chi connectivity index (χ0v) is 14.7. The van der Waals surface area contributed by atoms with Crippen LogP contribution in [0.3, 0.4) is 0 Å². The van der Waals surface area contributed by atoms with Gasteiger partial charge in [-0.05, 0) is 54.3 Å². The van der Waals surface area contributed by atoms with Gasteiger partial charge in [-0.25, -0.2) is 4.98 Å². The molecular formula is C21H18N4O2. The van der Waals surface area contributed by atoms with Gasteiger partial charge in [-0.15, -0.1) is 0 Å². The molecular weight excluding hydrogens is 340 g/mol. The molecule has 0 amide bonds. The lowest BCUT2D eigenvalue weighted by atomic mass is 9.99. The average Bonchev–Trinajstić information content (AvgIpc) is 2.72. The van der Waals surface area contributed by atoms with Gasteiger partial charge in [-0.2, -0.15) is 0 Å². The monoisotopic (exact) mass is 358 g/mol. The van der Waals surface area contributed by atoms with E-state index in [1.165, 1.54) is 17.2 Å². The highest BCUT2D eigenvalue weighted by atomic mass is 16.6. The van der Waals surface area contributed by atoms with E-state index in [1.54, 1.807) is 30.7 Å². The Hall–Kier alpha value is -3.54. The maximum Gasteiger partial charge on any atom is 0.271 e. The minimum absolute atomic E-state index is 0.0814. The molecule has 0 N–H and O–H groups in total. The number of fused-ring (bicyclic) bond motifs is 1. The van der Waals surface area contributed by atoms with E-state index in [1.807, 2.05) is 35.2 Å². The van der Waals surface area contributed by atoms with Crippen molar-refractivity contribution in [2.24, 2.45) is 0 Å². The topological polar surface area (TPSA) is 72.2 Å². The Morgan fingerprint density at radius 2 is 1.89 bits per heavy atom. The van der Waals surface area contributed by atoms with Gasteiger partial charge >= 0.3 is 0 Å². The molecule has 134 valence electrons. The van der Waals surface area contributed by atoms with Crippen molar-refractivity contribution < 1.29 is 4.92 Å². The maximum atomic E-state index is 11.2. The van der Waals surface area contributed by atoms with Crippen LogP contribution in [-0.4, -0.2) is 21.4 Å². The smallest absolute Gasteiger partial charge is 0.271 e. The van der Waals surface area contributed by atoms with E-state index < -0.39 is 0 Å². The first-order chi connectivity index (χ1) is 13.2. The molecule has 0 saturated heterocycles. The van der Waals surface area contributed by atoms with Crippen LogP contribution in [0.4, 0.5) is 17.2 Å². The molecule has 3 aromatic rings. The number of nitrogens with zero attached hydrogens (tertiary/aromatic N) is 4. The summed E-state index contributed by atoms with van der Waals surface area (Å²) in [7, 11) is 0. The molecule has 0 unspecified atom stereocenters. The lowest BCUT2D eigenvalue weighted by Gasteiger charge is -2.30. The second-order valence-corrected chi connectivity index (χ2v) is 6.44. The Kier molecular flexibility index (Phi) is 4.61. The molecule has 2 aromatic heterocycles. The van der Waals surface area contributed by atoms with Crippen molar-refractivity contribution >= 4 is 23.3 Å². The Labute approximate surface area is 157 Å². The van der Waals surface area contributed by atoms with E-state index in [9.17, 15) is 10.1 Å².